The number of hydrogen-bond acceptors (Lipinski definition) is 6. The van der Waals surface area contributed by atoms with Crippen molar-refractivity contribution in [3.8, 4) is 0 Å². The summed E-state index contributed by atoms with van der Waals surface area (Å²) >= 11 is 2.89. The van der Waals surface area contributed by atoms with Crippen LogP contribution in [0.5, 0.6) is 0 Å². The number of rotatable bonds is 4. The van der Waals surface area contributed by atoms with E-state index < -0.39 is 11.6 Å². The summed E-state index contributed by atoms with van der Waals surface area (Å²) in [7, 11) is 0. The Balaban J connectivity index is 1.56. The minimum Gasteiger partial charge on any atom is -0.350 e. The fraction of sp³-hybridized carbons (Fsp3) is 0.364. The third-order valence-electron chi connectivity index (χ3n) is 6.31. The summed E-state index contributed by atoms with van der Waals surface area (Å²) in [5, 5.41) is 3.87. The Kier molecular flexibility index (Phi) is 4.76. The number of likely N-dealkylation sites (N-methyl/N-ethyl adjacent to an activating group) is 1. The zero-order valence-electron chi connectivity index (χ0n) is 17.0. The average Bonchev–Trinajstić information content (AvgIpc) is 3.41. The first-order valence-corrected chi connectivity index (χ1v) is 11.7. The normalized spacial score (nSPS) is 19.2. The van der Waals surface area contributed by atoms with Crippen molar-refractivity contribution in [3.63, 3.8) is 0 Å². The number of hydrogen-bond donors (Lipinski definition) is 1. The van der Waals surface area contributed by atoms with Gasteiger partial charge in [0, 0.05) is 27.9 Å². The van der Waals surface area contributed by atoms with Crippen LogP contribution in [0.2, 0.25) is 0 Å². The summed E-state index contributed by atoms with van der Waals surface area (Å²) < 4.78 is 30.0. The van der Waals surface area contributed by atoms with Crippen molar-refractivity contribution in [1.29, 1.82) is 0 Å². The van der Waals surface area contributed by atoms with Gasteiger partial charge in [0.05, 0.1) is 15.9 Å². The highest BCUT2D eigenvalue weighted by Crippen LogP contribution is 2.46. The highest BCUT2D eigenvalue weighted by atomic mass is 32.1. The Bertz CT molecular complexity index is 1250. The van der Waals surface area contributed by atoms with E-state index in [0.29, 0.717) is 16.3 Å². The molecule has 1 aliphatic rings. The molecule has 4 heterocycles. The van der Waals surface area contributed by atoms with Crippen LogP contribution in [-0.4, -0.2) is 33.5 Å². The van der Waals surface area contributed by atoms with Gasteiger partial charge < -0.3 is 5.32 Å². The quantitative estimate of drug-likeness (QED) is 0.389. The molecule has 1 saturated heterocycles. The molecule has 5 rings (SSSR count). The Morgan fingerprint density at radius 3 is 2.87 bits per heavy atom. The SMILES string of the molecule is CCN1CC[C@@H](c2cc3c(Nc4c(F)cc5scnc5c4F)ccnc3s2)C1(C)C. The van der Waals surface area contributed by atoms with E-state index in [2.05, 4.69) is 47.0 Å². The van der Waals surface area contributed by atoms with Gasteiger partial charge in [-0.2, -0.15) is 0 Å². The highest BCUT2D eigenvalue weighted by Gasteiger charge is 2.41. The second-order valence-corrected chi connectivity index (χ2v) is 10.1. The van der Waals surface area contributed by atoms with Crippen molar-refractivity contribution in [2.24, 2.45) is 0 Å². The first-order valence-electron chi connectivity index (χ1n) is 10.0. The van der Waals surface area contributed by atoms with Gasteiger partial charge in [-0.15, -0.1) is 22.7 Å². The molecule has 4 nitrogen and oxygen atoms in total. The lowest BCUT2D eigenvalue weighted by molar-refractivity contribution is 0.171. The molecule has 30 heavy (non-hydrogen) atoms. The molecule has 4 aromatic rings. The molecule has 0 saturated carbocycles. The van der Waals surface area contributed by atoms with Crippen LogP contribution in [0, 0.1) is 11.6 Å². The van der Waals surface area contributed by atoms with Crippen LogP contribution in [0.15, 0.2) is 29.9 Å². The molecular weight excluding hydrogens is 422 g/mol. The van der Waals surface area contributed by atoms with Crippen molar-refractivity contribution in [2.75, 3.05) is 18.4 Å². The topological polar surface area (TPSA) is 41.0 Å². The molecule has 1 fully saturated rings. The van der Waals surface area contributed by atoms with Gasteiger partial charge in [-0.05, 0) is 51.6 Å². The summed E-state index contributed by atoms with van der Waals surface area (Å²) in [6, 6.07) is 5.23. The van der Waals surface area contributed by atoms with Gasteiger partial charge in [0.25, 0.3) is 0 Å². The molecule has 0 aliphatic carbocycles. The number of nitrogens with one attached hydrogen (secondary N) is 1. The largest absolute Gasteiger partial charge is 0.350 e. The fourth-order valence-corrected chi connectivity index (χ4v) is 6.66. The van der Waals surface area contributed by atoms with Crippen LogP contribution >= 0.6 is 22.7 Å². The first kappa shape index (κ1) is 19.8. The van der Waals surface area contributed by atoms with Gasteiger partial charge >= 0.3 is 0 Å². The molecule has 1 aliphatic heterocycles. The van der Waals surface area contributed by atoms with Crippen LogP contribution in [0.1, 0.15) is 38.0 Å². The van der Waals surface area contributed by atoms with E-state index in [4.69, 9.17) is 0 Å². The number of likely N-dealkylation sites (tertiary alicyclic amines) is 1. The summed E-state index contributed by atoms with van der Waals surface area (Å²) in [5.41, 5.74) is 2.25. The maximum Gasteiger partial charge on any atom is 0.176 e. The van der Waals surface area contributed by atoms with Crippen LogP contribution in [0.25, 0.3) is 20.4 Å². The van der Waals surface area contributed by atoms with Crippen molar-refractivity contribution in [3.05, 3.63) is 46.4 Å². The highest BCUT2D eigenvalue weighted by molar-refractivity contribution is 7.18. The van der Waals surface area contributed by atoms with Crippen LogP contribution < -0.4 is 5.32 Å². The van der Waals surface area contributed by atoms with Gasteiger partial charge in [-0.25, -0.2) is 18.7 Å². The van der Waals surface area contributed by atoms with Crippen molar-refractivity contribution >= 4 is 54.5 Å². The fourth-order valence-electron chi connectivity index (χ4n) is 4.62. The van der Waals surface area contributed by atoms with E-state index in [0.717, 1.165) is 29.7 Å². The number of benzene rings is 1. The Morgan fingerprint density at radius 1 is 1.27 bits per heavy atom. The standard InChI is InChI=1S/C22H22F2N4S2/c1-4-28-8-6-13(22(28,2)3)16-9-12-15(5-7-25-21(12)30-16)27-19-14(23)10-17-20(18(19)24)26-11-29-17/h5,7,9-11,13H,4,6,8H2,1-3H3,(H,25,27)/t13-/m0/s1. The third-order valence-corrected chi connectivity index (χ3v) is 8.25. The van der Waals surface area contributed by atoms with Crippen molar-refractivity contribution in [2.45, 2.75) is 38.6 Å². The van der Waals surface area contributed by atoms with Gasteiger partial charge in [-0.3, -0.25) is 4.90 Å². The molecule has 1 atom stereocenters. The van der Waals surface area contributed by atoms with Crippen molar-refractivity contribution in [1.82, 2.24) is 14.9 Å². The third kappa shape index (κ3) is 3.01. The summed E-state index contributed by atoms with van der Waals surface area (Å²) in [6.45, 7) is 8.88. The lowest BCUT2D eigenvalue weighted by Gasteiger charge is -2.35. The Labute approximate surface area is 181 Å². The predicted molar refractivity (Wildman–Crippen MR) is 121 cm³/mol. The molecule has 0 amide bonds. The van der Waals surface area contributed by atoms with E-state index in [1.54, 1.807) is 23.6 Å². The summed E-state index contributed by atoms with van der Waals surface area (Å²) in [4.78, 5) is 13.2. The molecule has 0 radical (unpaired) electrons. The van der Waals surface area contributed by atoms with Crippen LogP contribution in [-0.2, 0) is 0 Å². The molecule has 0 bridgehead atoms. The number of pyridine rings is 1. The van der Waals surface area contributed by atoms with Gasteiger partial charge in [0.2, 0.25) is 0 Å². The molecule has 3 aromatic heterocycles. The number of aromatic nitrogens is 2. The zero-order valence-corrected chi connectivity index (χ0v) is 18.6. The molecule has 1 N–H and O–H groups in total. The maximum atomic E-state index is 14.9. The number of halogens is 2. The number of thiazole rings is 1. The van der Waals surface area contributed by atoms with Gasteiger partial charge in [-0.1, -0.05) is 6.92 Å². The van der Waals surface area contributed by atoms with Crippen LogP contribution in [0.3, 0.4) is 0 Å². The summed E-state index contributed by atoms with van der Waals surface area (Å²) in [5.74, 6) is -0.883. The van der Waals surface area contributed by atoms with Gasteiger partial charge in [0.15, 0.2) is 11.6 Å². The van der Waals surface area contributed by atoms with E-state index in [1.165, 1.54) is 27.8 Å². The molecule has 0 unspecified atom stereocenters. The smallest absolute Gasteiger partial charge is 0.176 e. The zero-order chi connectivity index (χ0) is 21.0. The Morgan fingerprint density at radius 2 is 2.10 bits per heavy atom. The number of nitrogens with zero attached hydrogens (tertiary/aromatic N) is 3. The minimum absolute atomic E-state index is 0.0666. The maximum absolute atomic E-state index is 14.9. The molecule has 0 spiro atoms. The van der Waals surface area contributed by atoms with Crippen molar-refractivity contribution < 1.29 is 8.78 Å². The molecule has 8 heteroatoms. The first-order chi connectivity index (χ1) is 14.4. The predicted octanol–water partition coefficient (Wildman–Crippen LogP) is 6.52. The number of fused-ring (bicyclic) bond motifs is 2. The lowest BCUT2D eigenvalue weighted by atomic mass is 9.87. The second kappa shape index (κ2) is 7.21. The van der Waals surface area contributed by atoms with E-state index in [9.17, 15) is 8.78 Å². The minimum atomic E-state index is -0.665. The number of thiophene rings is 1. The Hall–Kier alpha value is -2.16. The monoisotopic (exact) mass is 444 g/mol. The average molecular weight is 445 g/mol. The number of anilines is 2. The molecule has 1 aromatic carbocycles. The van der Waals surface area contributed by atoms with E-state index in [-0.39, 0.29) is 16.7 Å². The van der Waals surface area contributed by atoms with Gasteiger partial charge in [0.1, 0.15) is 16.0 Å². The van der Waals surface area contributed by atoms with Crippen LogP contribution in [0.4, 0.5) is 20.2 Å². The summed E-state index contributed by atoms with van der Waals surface area (Å²) in [6.07, 6.45) is 2.78. The second-order valence-electron chi connectivity index (χ2n) is 8.17. The van der Waals surface area contributed by atoms with E-state index in [1.807, 2.05) is 0 Å². The molecule has 156 valence electrons. The lowest BCUT2D eigenvalue weighted by Crippen LogP contribution is -2.41. The van der Waals surface area contributed by atoms with E-state index >= 15 is 0 Å². The molecular formula is C22H22F2N4S2.